The molecule has 4 nitrogen and oxygen atoms in total. The van der Waals surface area contributed by atoms with Crippen molar-refractivity contribution in [2.24, 2.45) is 0 Å². The zero-order valence-electron chi connectivity index (χ0n) is 12.1. The Balaban J connectivity index is 1.82. The molecule has 1 aliphatic heterocycles. The van der Waals surface area contributed by atoms with Gasteiger partial charge in [-0.05, 0) is 38.1 Å². The second kappa shape index (κ2) is 5.51. The third-order valence-corrected chi connectivity index (χ3v) is 5.40. The smallest absolute Gasteiger partial charge is 0.273 e. The molecule has 21 heavy (non-hydrogen) atoms. The van der Waals surface area contributed by atoms with Gasteiger partial charge in [0.05, 0.1) is 11.6 Å². The van der Waals surface area contributed by atoms with Gasteiger partial charge in [0.1, 0.15) is 10.7 Å². The number of carbonyl (C=O) groups is 1. The van der Waals surface area contributed by atoms with Crippen LogP contribution in [0.1, 0.15) is 37.2 Å². The molecular formula is C15H18N2O2S2. The van der Waals surface area contributed by atoms with Gasteiger partial charge in [-0.1, -0.05) is 0 Å². The average molecular weight is 322 g/mol. The number of rotatable bonds is 3. The number of thiophene rings is 1. The first-order valence-electron chi connectivity index (χ1n) is 6.98. The van der Waals surface area contributed by atoms with Gasteiger partial charge in [0.15, 0.2) is 0 Å². The van der Waals surface area contributed by atoms with Gasteiger partial charge in [0.25, 0.3) is 5.91 Å². The van der Waals surface area contributed by atoms with Crippen molar-refractivity contribution in [1.29, 1.82) is 0 Å². The van der Waals surface area contributed by atoms with Crippen LogP contribution in [0, 0.1) is 0 Å². The Morgan fingerprint density at radius 1 is 1.48 bits per heavy atom. The highest BCUT2D eigenvalue weighted by Gasteiger charge is 2.39. The highest BCUT2D eigenvalue weighted by molar-refractivity contribution is 7.14. The Kier molecular flexibility index (Phi) is 3.86. The van der Waals surface area contributed by atoms with E-state index in [0.717, 1.165) is 23.4 Å². The predicted molar refractivity (Wildman–Crippen MR) is 85.8 cm³/mol. The first-order valence-corrected chi connectivity index (χ1v) is 8.80. The summed E-state index contributed by atoms with van der Waals surface area (Å²) in [7, 11) is 0. The Hall–Kier alpha value is -1.24. The van der Waals surface area contributed by atoms with E-state index in [1.54, 1.807) is 30.1 Å². The molecule has 0 aliphatic carbocycles. The number of likely N-dealkylation sites (tertiary alicyclic amines) is 1. The van der Waals surface area contributed by atoms with E-state index in [-0.39, 0.29) is 11.9 Å². The summed E-state index contributed by atoms with van der Waals surface area (Å²) >= 11 is 3.11. The molecule has 0 saturated carbocycles. The van der Waals surface area contributed by atoms with Crippen LogP contribution in [0.5, 0.6) is 0 Å². The fourth-order valence-electron chi connectivity index (χ4n) is 2.78. The zero-order valence-corrected chi connectivity index (χ0v) is 13.7. The van der Waals surface area contributed by atoms with E-state index in [1.807, 2.05) is 22.2 Å². The standard InChI is InChI=1S/C15H18N2O2S2/c1-15(2,19)12-4-3-6-17(12)14(18)11-9-21-13(16-11)10-5-7-20-8-10/h5,7-9,12,19H,3-4,6H2,1-2H3. The van der Waals surface area contributed by atoms with Crippen molar-refractivity contribution in [3.8, 4) is 10.6 Å². The number of hydrogen-bond acceptors (Lipinski definition) is 5. The normalized spacial score (nSPS) is 19.2. The molecule has 112 valence electrons. The Bertz CT molecular complexity index is 628. The largest absolute Gasteiger partial charge is 0.388 e. The number of aromatic nitrogens is 1. The van der Waals surface area contributed by atoms with Gasteiger partial charge in [0.2, 0.25) is 0 Å². The molecule has 0 aromatic carbocycles. The molecular weight excluding hydrogens is 304 g/mol. The van der Waals surface area contributed by atoms with Crippen LogP contribution in [-0.4, -0.2) is 39.1 Å². The van der Waals surface area contributed by atoms with Crippen LogP contribution < -0.4 is 0 Å². The van der Waals surface area contributed by atoms with Gasteiger partial charge in [-0.25, -0.2) is 4.98 Å². The van der Waals surface area contributed by atoms with Crippen molar-refractivity contribution >= 4 is 28.6 Å². The number of thiazole rings is 1. The maximum absolute atomic E-state index is 12.6. The molecule has 0 radical (unpaired) electrons. The van der Waals surface area contributed by atoms with Crippen molar-refractivity contribution in [2.45, 2.75) is 38.3 Å². The first kappa shape index (κ1) is 14.7. The third kappa shape index (κ3) is 2.88. The van der Waals surface area contributed by atoms with E-state index >= 15 is 0 Å². The molecule has 2 aromatic heterocycles. The SMILES string of the molecule is CC(C)(O)C1CCCN1C(=O)c1csc(-c2ccsc2)n1. The monoisotopic (exact) mass is 322 g/mol. The molecule has 1 atom stereocenters. The lowest BCUT2D eigenvalue weighted by atomic mass is 9.96. The van der Waals surface area contributed by atoms with Crippen molar-refractivity contribution in [1.82, 2.24) is 9.88 Å². The molecule has 2 aromatic rings. The lowest BCUT2D eigenvalue weighted by Gasteiger charge is -2.33. The van der Waals surface area contributed by atoms with Gasteiger partial charge < -0.3 is 10.0 Å². The molecule has 3 heterocycles. The molecule has 1 N–H and O–H groups in total. The number of nitrogens with zero attached hydrogens (tertiary/aromatic N) is 2. The van der Waals surface area contributed by atoms with Crippen molar-refractivity contribution < 1.29 is 9.90 Å². The van der Waals surface area contributed by atoms with E-state index in [2.05, 4.69) is 4.98 Å². The number of aliphatic hydroxyl groups is 1. The van der Waals surface area contributed by atoms with Crippen LogP contribution in [0.4, 0.5) is 0 Å². The van der Waals surface area contributed by atoms with Crippen LogP contribution in [0.25, 0.3) is 10.6 Å². The maximum Gasteiger partial charge on any atom is 0.273 e. The van der Waals surface area contributed by atoms with E-state index < -0.39 is 5.60 Å². The average Bonchev–Trinajstić information content (AvgIpc) is 3.16. The minimum absolute atomic E-state index is 0.0719. The molecule has 1 fully saturated rings. The topological polar surface area (TPSA) is 53.4 Å². The number of amides is 1. The van der Waals surface area contributed by atoms with Crippen molar-refractivity contribution in [2.75, 3.05) is 6.54 Å². The Morgan fingerprint density at radius 2 is 2.29 bits per heavy atom. The van der Waals surface area contributed by atoms with Crippen LogP contribution >= 0.6 is 22.7 Å². The van der Waals surface area contributed by atoms with E-state index in [4.69, 9.17) is 0 Å². The highest BCUT2D eigenvalue weighted by Crippen LogP contribution is 2.30. The zero-order chi connectivity index (χ0) is 15.0. The number of hydrogen-bond donors (Lipinski definition) is 1. The summed E-state index contributed by atoms with van der Waals surface area (Å²) in [5.74, 6) is -0.0719. The molecule has 0 spiro atoms. The van der Waals surface area contributed by atoms with Gasteiger partial charge in [-0.2, -0.15) is 11.3 Å². The van der Waals surface area contributed by atoms with Crippen LogP contribution in [0.2, 0.25) is 0 Å². The molecule has 3 rings (SSSR count). The maximum atomic E-state index is 12.6. The minimum Gasteiger partial charge on any atom is -0.388 e. The van der Waals surface area contributed by atoms with Crippen molar-refractivity contribution in [3.05, 3.63) is 27.9 Å². The Morgan fingerprint density at radius 3 is 2.95 bits per heavy atom. The molecule has 0 bridgehead atoms. The summed E-state index contributed by atoms with van der Waals surface area (Å²) in [6.07, 6.45) is 1.78. The van der Waals surface area contributed by atoms with E-state index in [9.17, 15) is 9.90 Å². The van der Waals surface area contributed by atoms with Gasteiger partial charge >= 0.3 is 0 Å². The van der Waals surface area contributed by atoms with E-state index in [1.165, 1.54) is 11.3 Å². The fourth-order valence-corrected chi connectivity index (χ4v) is 4.29. The predicted octanol–water partition coefficient (Wildman–Crippen LogP) is 3.25. The molecule has 6 heteroatoms. The summed E-state index contributed by atoms with van der Waals surface area (Å²) < 4.78 is 0. The highest BCUT2D eigenvalue weighted by atomic mass is 32.1. The van der Waals surface area contributed by atoms with Gasteiger partial charge in [-0.15, -0.1) is 11.3 Å². The van der Waals surface area contributed by atoms with Gasteiger partial charge in [-0.3, -0.25) is 4.79 Å². The van der Waals surface area contributed by atoms with Crippen LogP contribution in [0.15, 0.2) is 22.2 Å². The fraction of sp³-hybridized carbons (Fsp3) is 0.467. The Labute approximate surface area is 132 Å². The van der Waals surface area contributed by atoms with Crippen molar-refractivity contribution in [3.63, 3.8) is 0 Å². The molecule has 1 unspecified atom stereocenters. The summed E-state index contributed by atoms with van der Waals surface area (Å²) in [4.78, 5) is 18.9. The summed E-state index contributed by atoms with van der Waals surface area (Å²) in [5.41, 5.74) is 0.667. The van der Waals surface area contributed by atoms with Crippen LogP contribution in [0.3, 0.4) is 0 Å². The van der Waals surface area contributed by atoms with Gasteiger partial charge in [0, 0.05) is 22.9 Å². The second-order valence-electron chi connectivity index (χ2n) is 5.86. The first-order chi connectivity index (χ1) is 9.97. The quantitative estimate of drug-likeness (QED) is 0.944. The summed E-state index contributed by atoms with van der Waals surface area (Å²) in [6.45, 7) is 4.22. The lowest BCUT2D eigenvalue weighted by Crippen LogP contribution is -2.48. The molecule has 1 saturated heterocycles. The molecule has 1 amide bonds. The number of carbonyl (C=O) groups excluding carboxylic acids is 1. The summed E-state index contributed by atoms with van der Waals surface area (Å²) in [5, 5.41) is 17.0. The third-order valence-electron chi connectivity index (χ3n) is 3.82. The molecule has 1 aliphatic rings. The summed E-state index contributed by atoms with van der Waals surface area (Å²) in [6, 6.07) is 1.88. The minimum atomic E-state index is -0.877. The van der Waals surface area contributed by atoms with E-state index in [0.29, 0.717) is 12.2 Å². The lowest BCUT2D eigenvalue weighted by molar-refractivity contribution is 0.000154. The second-order valence-corrected chi connectivity index (χ2v) is 7.50. The van der Waals surface area contributed by atoms with Crippen LogP contribution in [-0.2, 0) is 0 Å².